The zero-order valence-corrected chi connectivity index (χ0v) is 10.1. The Labute approximate surface area is 96.4 Å². The molecular formula is C11H21N3O2. The number of hydrogen-bond donors (Lipinski definition) is 2. The highest BCUT2D eigenvalue weighted by Crippen LogP contribution is 2.32. The molecule has 0 aromatic carbocycles. The quantitative estimate of drug-likeness (QED) is 0.598. The summed E-state index contributed by atoms with van der Waals surface area (Å²) >= 11 is 0. The van der Waals surface area contributed by atoms with Gasteiger partial charge >= 0.3 is 6.03 Å². The van der Waals surface area contributed by atoms with E-state index in [0.717, 1.165) is 19.5 Å². The van der Waals surface area contributed by atoms with Crippen LogP contribution in [0, 0.1) is 5.92 Å². The van der Waals surface area contributed by atoms with Crippen molar-refractivity contribution in [2.45, 2.75) is 18.4 Å². The van der Waals surface area contributed by atoms with Crippen LogP contribution in [0.2, 0.25) is 0 Å². The number of fused-ring (bicyclic) bond motifs is 1. The highest BCUT2D eigenvalue weighted by molar-refractivity contribution is 5.74. The minimum atomic E-state index is -0.547. The van der Waals surface area contributed by atoms with Crippen LogP contribution in [0.25, 0.3) is 0 Å². The monoisotopic (exact) mass is 227 g/mol. The predicted molar refractivity (Wildman–Crippen MR) is 61.2 cm³/mol. The van der Waals surface area contributed by atoms with Crippen LogP contribution in [-0.2, 0) is 0 Å². The van der Waals surface area contributed by atoms with Gasteiger partial charge < -0.3 is 20.2 Å². The van der Waals surface area contributed by atoms with Crippen LogP contribution in [0.5, 0.6) is 0 Å². The third-order valence-electron chi connectivity index (χ3n) is 3.79. The fourth-order valence-corrected chi connectivity index (χ4v) is 2.68. The molecule has 0 unspecified atom stereocenters. The molecule has 0 saturated carbocycles. The number of hydrogen-bond acceptors (Lipinski definition) is 3. The molecule has 2 heterocycles. The van der Waals surface area contributed by atoms with E-state index in [2.05, 4.69) is 5.32 Å². The topological polar surface area (TPSA) is 55.8 Å². The van der Waals surface area contributed by atoms with Gasteiger partial charge in [0.15, 0.2) is 0 Å². The summed E-state index contributed by atoms with van der Waals surface area (Å²) < 4.78 is 0. The van der Waals surface area contributed by atoms with Crippen molar-refractivity contribution in [1.82, 2.24) is 15.1 Å². The fourth-order valence-electron chi connectivity index (χ4n) is 2.68. The molecule has 2 aliphatic rings. The average molecular weight is 227 g/mol. The standard InChI is InChI=1S/C11H21N3O2/c1-13(2)10(15)14-6-4-11(16)3-5-12-7-9(11)8-14/h9,12,16H,3-8H2,1-2H3/t9-,11-/m1/s1. The highest BCUT2D eigenvalue weighted by atomic mass is 16.3. The molecule has 5 heteroatoms. The van der Waals surface area contributed by atoms with Crippen molar-refractivity contribution in [3.8, 4) is 0 Å². The molecule has 0 spiro atoms. The number of carbonyl (C=O) groups is 1. The summed E-state index contributed by atoms with van der Waals surface area (Å²) in [6.07, 6.45) is 1.51. The molecule has 2 rings (SSSR count). The molecule has 2 aliphatic heterocycles. The van der Waals surface area contributed by atoms with Gasteiger partial charge in [-0.2, -0.15) is 0 Å². The number of piperidine rings is 2. The second-order valence-corrected chi connectivity index (χ2v) is 5.13. The Morgan fingerprint density at radius 3 is 2.94 bits per heavy atom. The first kappa shape index (κ1) is 11.7. The third kappa shape index (κ3) is 2.01. The molecule has 0 aromatic heterocycles. The van der Waals surface area contributed by atoms with Crippen molar-refractivity contribution in [1.29, 1.82) is 0 Å². The number of likely N-dealkylation sites (tertiary alicyclic amines) is 1. The lowest BCUT2D eigenvalue weighted by Crippen LogP contribution is -2.60. The number of rotatable bonds is 0. The maximum absolute atomic E-state index is 11.8. The lowest BCUT2D eigenvalue weighted by Gasteiger charge is -2.47. The van der Waals surface area contributed by atoms with E-state index in [1.807, 2.05) is 4.90 Å². The van der Waals surface area contributed by atoms with Crippen LogP contribution >= 0.6 is 0 Å². The predicted octanol–water partition coefficient (Wildman–Crippen LogP) is -0.286. The summed E-state index contributed by atoms with van der Waals surface area (Å²) in [6.45, 7) is 3.03. The van der Waals surface area contributed by atoms with Crippen LogP contribution in [0.15, 0.2) is 0 Å². The molecule has 16 heavy (non-hydrogen) atoms. The number of amides is 2. The molecule has 0 aromatic rings. The van der Waals surface area contributed by atoms with Crippen LogP contribution < -0.4 is 5.32 Å². The average Bonchev–Trinajstić information content (AvgIpc) is 2.26. The molecule has 2 saturated heterocycles. The minimum Gasteiger partial charge on any atom is -0.389 e. The Bertz CT molecular complexity index is 282. The molecule has 0 bridgehead atoms. The maximum atomic E-state index is 11.8. The Hall–Kier alpha value is -0.810. The van der Waals surface area contributed by atoms with Crippen molar-refractivity contribution >= 4 is 6.03 Å². The van der Waals surface area contributed by atoms with E-state index in [9.17, 15) is 9.90 Å². The third-order valence-corrected chi connectivity index (χ3v) is 3.79. The Morgan fingerprint density at radius 1 is 1.50 bits per heavy atom. The van der Waals surface area contributed by atoms with E-state index in [-0.39, 0.29) is 11.9 Å². The van der Waals surface area contributed by atoms with Gasteiger partial charge in [0, 0.05) is 39.6 Å². The first-order chi connectivity index (χ1) is 7.53. The SMILES string of the molecule is CN(C)C(=O)N1CC[C@]2(O)CCNC[C@@H]2C1. The molecular weight excluding hydrogens is 206 g/mol. The van der Waals surface area contributed by atoms with Crippen molar-refractivity contribution in [2.24, 2.45) is 5.92 Å². The lowest BCUT2D eigenvalue weighted by atomic mass is 9.76. The van der Waals surface area contributed by atoms with Crippen LogP contribution in [0.4, 0.5) is 4.79 Å². The molecule has 2 atom stereocenters. The number of nitrogens with one attached hydrogen (secondary N) is 1. The van der Waals surface area contributed by atoms with Crippen molar-refractivity contribution in [3.63, 3.8) is 0 Å². The fraction of sp³-hybridized carbons (Fsp3) is 0.909. The van der Waals surface area contributed by atoms with E-state index in [1.165, 1.54) is 0 Å². The first-order valence-corrected chi connectivity index (χ1v) is 5.92. The van der Waals surface area contributed by atoms with Crippen molar-refractivity contribution in [2.75, 3.05) is 40.3 Å². The summed E-state index contributed by atoms with van der Waals surface area (Å²) in [5, 5.41) is 13.7. The van der Waals surface area contributed by atoms with E-state index >= 15 is 0 Å². The van der Waals surface area contributed by atoms with Crippen LogP contribution in [0.3, 0.4) is 0 Å². The Kier molecular flexibility index (Phi) is 3.08. The molecule has 5 nitrogen and oxygen atoms in total. The Balaban J connectivity index is 2.02. The number of aliphatic hydroxyl groups is 1. The van der Waals surface area contributed by atoms with Gasteiger partial charge in [-0.05, 0) is 19.4 Å². The van der Waals surface area contributed by atoms with Gasteiger partial charge in [-0.25, -0.2) is 4.79 Å². The molecule has 0 aliphatic carbocycles. The number of urea groups is 1. The molecule has 2 N–H and O–H groups in total. The van der Waals surface area contributed by atoms with E-state index in [1.54, 1.807) is 19.0 Å². The first-order valence-electron chi connectivity index (χ1n) is 5.92. The molecule has 0 radical (unpaired) electrons. The van der Waals surface area contributed by atoms with Gasteiger partial charge in [0.2, 0.25) is 0 Å². The summed E-state index contributed by atoms with van der Waals surface area (Å²) in [4.78, 5) is 15.3. The van der Waals surface area contributed by atoms with Gasteiger partial charge in [-0.1, -0.05) is 0 Å². The van der Waals surface area contributed by atoms with Crippen molar-refractivity contribution in [3.05, 3.63) is 0 Å². The summed E-state index contributed by atoms with van der Waals surface area (Å²) in [7, 11) is 3.53. The smallest absolute Gasteiger partial charge is 0.319 e. The largest absolute Gasteiger partial charge is 0.389 e. The van der Waals surface area contributed by atoms with E-state index in [0.29, 0.717) is 19.5 Å². The Morgan fingerprint density at radius 2 is 2.25 bits per heavy atom. The van der Waals surface area contributed by atoms with Crippen LogP contribution in [0.1, 0.15) is 12.8 Å². The summed E-state index contributed by atoms with van der Waals surface area (Å²) in [6, 6.07) is 0.0487. The van der Waals surface area contributed by atoms with Gasteiger partial charge in [0.1, 0.15) is 0 Å². The number of carbonyl (C=O) groups excluding carboxylic acids is 1. The molecule has 2 fully saturated rings. The lowest BCUT2D eigenvalue weighted by molar-refractivity contribution is -0.0813. The van der Waals surface area contributed by atoms with E-state index in [4.69, 9.17) is 0 Å². The molecule has 92 valence electrons. The normalized spacial score (nSPS) is 34.4. The van der Waals surface area contributed by atoms with Gasteiger partial charge in [0.05, 0.1) is 5.60 Å². The van der Waals surface area contributed by atoms with Gasteiger partial charge in [-0.3, -0.25) is 0 Å². The summed E-state index contributed by atoms with van der Waals surface area (Å²) in [5.74, 6) is 0.180. The maximum Gasteiger partial charge on any atom is 0.319 e. The van der Waals surface area contributed by atoms with Gasteiger partial charge in [0.25, 0.3) is 0 Å². The van der Waals surface area contributed by atoms with Gasteiger partial charge in [-0.15, -0.1) is 0 Å². The zero-order chi connectivity index (χ0) is 11.8. The highest BCUT2D eigenvalue weighted by Gasteiger charge is 2.43. The second-order valence-electron chi connectivity index (χ2n) is 5.13. The second kappa shape index (κ2) is 4.22. The molecule has 2 amide bonds. The van der Waals surface area contributed by atoms with Crippen molar-refractivity contribution < 1.29 is 9.90 Å². The summed E-state index contributed by atoms with van der Waals surface area (Å²) in [5.41, 5.74) is -0.547. The minimum absolute atomic E-state index is 0.0487. The zero-order valence-electron chi connectivity index (χ0n) is 10.1. The van der Waals surface area contributed by atoms with Crippen LogP contribution in [-0.4, -0.2) is 66.8 Å². The van der Waals surface area contributed by atoms with E-state index < -0.39 is 5.60 Å². The number of nitrogens with zero attached hydrogens (tertiary/aromatic N) is 2.